The number of alkyl carbamates (subject to hydrolysis) is 2. The first kappa shape index (κ1) is 77.9. The van der Waals surface area contributed by atoms with Gasteiger partial charge in [0.05, 0.1) is 9.85 Å². The van der Waals surface area contributed by atoms with Gasteiger partial charge < -0.3 is 20.1 Å². The Labute approximate surface area is 557 Å². The van der Waals surface area contributed by atoms with Crippen molar-refractivity contribution >= 4 is 113 Å². The highest BCUT2D eigenvalue weighted by molar-refractivity contribution is 8.77. The number of nitrogens with one attached hydrogen (secondary N) is 4. The molecule has 2 aromatic carbocycles. The summed E-state index contributed by atoms with van der Waals surface area (Å²) in [5, 5.41) is 33.5. The van der Waals surface area contributed by atoms with Crippen molar-refractivity contribution in [1.29, 1.82) is 0 Å². The second-order valence-corrected chi connectivity index (χ2v) is 28.6. The second kappa shape index (κ2) is 39.9. The number of ether oxygens (including phenoxy) is 2. The fraction of sp³-hybridized carbons (Fsp3) is 0.508. The summed E-state index contributed by atoms with van der Waals surface area (Å²) in [5.41, 5.74) is 0.273. The molecule has 4 atom stereocenters. The largest absolute Gasteiger partial charge is 0.444 e. The maximum Gasteiger partial charge on any atom is 0.408 e. The predicted octanol–water partition coefficient (Wildman–Crippen LogP) is 12.7. The summed E-state index contributed by atoms with van der Waals surface area (Å²) >= 11 is 0. The third kappa shape index (κ3) is 29.9. The van der Waals surface area contributed by atoms with Crippen molar-refractivity contribution in [1.82, 2.24) is 31.2 Å². The number of unbranched alkanes of at least 4 members (excludes halogenated alkanes) is 4. The number of nitro groups is 2. The number of aromatic nitrogens is 2. The summed E-state index contributed by atoms with van der Waals surface area (Å²) in [6.07, 6.45) is 4.38. The van der Waals surface area contributed by atoms with Crippen molar-refractivity contribution in [2.45, 2.75) is 198 Å². The average Bonchev–Trinajstić information content (AvgIpc) is 3.71. The smallest absolute Gasteiger partial charge is 0.408 e. The molecule has 2 aromatic heterocycles. The molecular formula is C65H84N8O16S4. The number of pyridine rings is 2. The van der Waals surface area contributed by atoms with Gasteiger partial charge in [0.25, 0.3) is 11.8 Å². The van der Waals surface area contributed by atoms with Gasteiger partial charge in [0.15, 0.2) is 21.6 Å². The molecule has 0 saturated carbocycles. The zero-order valence-electron chi connectivity index (χ0n) is 53.8. The van der Waals surface area contributed by atoms with E-state index in [2.05, 4.69) is 31.2 Å². The lowest BCUT2D eigenvalue weighted by atomic mass is 9.90. The standard InChI is InChI=1S/C65H84N8O16S4/c1-9-42-28-32-44(33-29-42)56(78)70-58(80)46(20-13-11-15-26-54(76)50(68-62(82)88-64(3,4)5)40-90-92-60-52(72(84)85)24-18-36-66-60)38-48(74)22-17-23-49(75)39-47(59(81)71-57(79)45-34-30-43(10-2)31-35-45)21-14-12-16-27-55(77)51(69-63(83)89-65(6,7)8)41-91-93-61-53(73(86)87)25-19-37-67-61/h18-19,24-25,28-37,46-47,50-51H,9-17,20-23,26-27,38-41H2,1-8H3,(H,68,82)(H,69,83)(H,70,78,80)(H,71,79,81). The monoisotopic (exact) mass is 1360 g/mol. The molecule has 4 rings (SSSR count). The summed E-state index contributed by atoms with van der Waals surface area (Å²) in [4.78, 5) is 165. The molecule has 0 spiro atoms. The van der Waals surface area contributed by atoms with E-state index in [1.807, 2.05) is 13.8 Å². The van der Waals surface area contributed by atoms with Crippen LogP contribution in [0.4, 0.5) is 21.0 Å². The third-order valence-electron chi connectivity index (χ3n) is 14.1. The van der Waals surface area contributed by atoms with E-state index in [0.29, 0.717) is 38.5 Å². The summed E-state index contributed by atoms with van der Waals surface area (Å²) < 4.78 is 10.8. The Morgan fingerprint density at radius 2 is 0.871 bits per heavy atom. The van der Waals surface area contributed by atoms with Crippen molar-refractivity contribution in [3.05, 3.63) is 128 Å². The SMILES string of the molecule is CCc1ccc(C(=O)NC(=O)C(CCCCCC(=O)C(CSSc2ncccc2[N+](=O)[O-])NC(=O)OC(C)(C)C)CC(=O)CCCC(=O)CC(CCCCCC(=O)C(CSSc2ncccc2[N+](=O)[O-])NC(=O)OC(C)(C)C)C(=O)NC(=O)c2ccc(CC)cc2)cc1. The topological polar surface area (TPSA) is 349 Å². The van der Waals surface area contributed by atoms with Gasteiger partial charge in [-0.3, -0.25) is 69.2 Å². The van der Waals surface area contributed by atoms with Crippen LogP contribution in [0.3, 0.4) is 0 Å². The molecule has 4 N–H and O–H groups in total. The summed E-state index contributed by atoms with van der Waals surface area (Å²) in [7, 11) is 4.16. The van der Waals surface area contributed by atoms with E-state index in [1.165, 1.54) is 36.7 Å². The van der Waals surface area contributed by atoms with Crippen LogP contribution in [0, 0.1) is 32.1 Å². The highest BCUT2D eigenvalue weighted by Crippen LogP contribution is 2.37. The quantitative estimate of drug-likeness (QED) is 0.0139. The van der Waals surface area contributed by atoms with Crippen LogP contribution < -0.4 is 21.3 Å². The molecule has 0 aliphatic carbocycles. The third-order valence-corrected chi connectivity index (χ3v) is 18.7. The Kier molecular flexibility index (Phi) is 33.4. The number of rotatable bonds is 40. The van der Waals surface area contributed by atoms with Crippen LogP contribution in [0.15, 0.2) is 95.2 Å². The van der Waals surface area contributed by atoms with Crippen molar-refractivity contribution in [3.8, 4) is 0 Å². The molecule has 0 bridgehead atoms. The number of benzene rings is 2. The number of Topliss-reactive ketones (excluding diaryl/α,β-unsaturated/α-hetero) is 4. The Balaban J connectivity index is 1.39. The summed E-state index contributed by atoms with van der Waals surface area (Å²) in [6.45, 7) is 13.9. The van der Waals surface area contributed by atoms with Crippen molar-refractivity contribution in [2.75, 3.05) is 11.5 Å². The zero-order chi connectivity index (χ0) is 68.7. The molecule has 0 fully saturated rings. The van der Waals surface area contributed by atoms with E-state index in [4.69, 9.17) is 9.47 Å². The normalized spacial score (nSPS) is 12.6. The molecule has 0 aliphatic heterocycles. The average molecular weight is 1360 g/mol. The first-order chi connectivity index (χ1) is 44.1. The number of hydrogen-bond donors (Lipinski definition) is 4. The van der Waals surface area contributed by atoms with Gasteiger partial charge in [-0.25, -0.2) is 19.6 Å². The van der Waals surface area contributed by atoms with Gasteiger partial charge in [-0.2, -0.15) is 0 Å². The molecule has 28 heteroatoms. The fourth-order valence-corrected chi connectivity index (χ4v) is 13.6. The molecule has 504 valence electrons. The number of carbonyl (C=O) groups excluding carboxylic acids is 10. The Hall–Kier alpha value is -7.56. The van der Waals surface area contributed by atoms with Crippen molar-refractivity contribution in [2.24, 2.45) is 11.8 Å². The highest BCUT2D eigenvalue weighted by Gasteiger charge is 2.30. The first-order valence-electron chi connectivity index (χ1n) is 30.8. The number of aryl methyl sites for hydroxylation is 2. The Morgan fingerprint density at radius 3 is 1.20 bits per heavy atom. The molecule has 6 amide bonds. The summed E-state index contributed by atoms with van der Waals surface area (Å²) in [6, 6.07) is 16.9. The van der Waals surface area contributed by atoms with Gasteiger partial charge in [-0.1, -0.05) is 85.4 Å². The maximum absolute atomic E-state index is 13.8. The fourth-order valence-electron chi connectivity index (χ4n) is 9.14. The zero-order valence-corrected chi connectivity index (χ0v) is 57.0. The van der Waals surface area contributed by atoms with Crippen molar-refractivity contribution < 1.29 is 67.3 Å². The van der Waals surface area contributed by atoms with Gasteiger partial charge in [-0.15, -0.1) is 0 Å². The molecular weight excluding hydrogens is 1280 g/mol. The number of amides is 6. The van der Waals surface area contributed by atoms with E-state index in [1.54, 1.807) is 90.1 Å². The highest BCUT2D eigenvalue weighted by atomic mass is 33.1. The first-order valence-corrected chi connectivity index (χ1v) is 35.4. The number of nitrogens with zero attached hydrogens (tertiary/aromatic N) is 4. The number of hydrogen-bond acceptors (Lipinski definition) is 22. The van der Waals surface area contributed by atoms with Crippen LogP contribution in [0.1, 0.15) is 184 Å². The maximum atomic E-state index is 13.8. The molecule has 0 radical (unpaired) electrons. The predicted molar refractivity (Wildman–Crippen MR) is 358 cm³/mol. The molecule has 24 nitrogen and oxygen atoms in total. The van der Waals surface area contributed by atoms with Crippen LogP contribution in [0.25, 0.3) is 0 Å². The van der Waals surface area contributed by atoms with Crippen molar-refractivity contribution in [3.63, 3.8) is 0 Å². The van der Waals surface area contributed by atoms with E-state index >= 15 is 0 Å². The van der Waals surface area contributed by atoms with Crippen LogP contribution in [0.5, 0.6) is 0 Å². The molecule has 4 aromatic rings. The molecule has 0 aliphatic rings. The molecule has 2 heterocycles. The molecule has 0 saturated heterocycles. The van der Waals surface area contributed by atoms with Crippen LogP contribution in [-0.2, 0) is 51.1 Å². The number of imide groups is 2. The van der Waals surface area contributed by atoms with E-state index in [-0.39, 0.29) is 125 Å². The lowest BCUT2D eigenvalue weighted by Crippen LogP contribution is -2.44. The van der Waals surface area contributed by atoms with Gasteiger partial charge in [0.2, 0.25) is 11.8 Å². The van der Waals surface area contributed by atoms with E-state index in [0.717, 1.165) is 67.1 Å². The minimum absolute atomic E-state index is 0.00233. The molecule has 93 heavy (non-hydrogen) atoms. The Morgan fingerprint density at radius 1 is 0.505 bits per heavy atom. The van der Waals surface area contributed by atoms with Crippen LogP contribution in [0.2, 0.25) is 0 Å². The van der Waals surface area contributed by atoms with Crippen LogP contribution >= 0.6 is 43.2 Å². The van der Waals surface area contributed by atoms with Gasteiger partial charge in [0.1, 0.15) is 34.9 Å². The van der Waals surface area contributed by atoms with E-state index < -0.39 is 80.8 Å². The summed E-state index contributed by atoms with van der Waals surface area (Å²) in [5.74, 6) is -5.96. The van der Waals surface area contributed by atoms with Gasteiger partial charge >= 0.3 is 23.6 Å². The van der Waals surface area contributed by atoms with E-state index in [9.17, 15) is 68.2 Å². The minimum atomic E-state index is -1.04. The lowest BCUT2D eigenvalue weighted by molar-refractivity contribution is -0.388. The van der Waals surface area contributed by atoms with Gasteiger partial charge in [0, 0.05) is 97.5 Å². The molecule has 4 unspecified atom stereocenters. The minimum Gasteiger partial charge on any atom is -0.444 e. The Bertz CT molecular complexity index is 3020. The number of carbonyl (C=O) groups is 10. The van der Waals surface area contributed by atoms with Crippen LogP contribution in [-0.4, -0.2) is 114 Å². The number of ketones is 4. The van der Waals surface area contributed by atoms with Gasteiger partial charge in [-0.05, 0) is 156 Å². The second-order valence-electron chi connectivity index (χ2n) is 23.9. The lowest BCUT2D eigenvalue weighted by Gasteiger charge is -2.23.